The van der Waals surface area contributed by atoms with Crippen molar-refractivity contribution in [3.05, 3.63) is 0 Å². The molecule has 0 radical (unpaired) electrons. The summed E-state index contributed by atoms with van der Waals surface area (Å²) >= 11 is 0. The summed E-state index contributed by atoms with van der Waals surface area (Å²) in [6.07, 6.45) is 2.47. The molecule has 0 saturated carbocycles. The number of carbonyl (C=O) groups excluding carboxylic acids is 3. The third-order valence-electron chi connectivity index (χ3n) is 4.16. The summed E-state index contributed by atoms with van der Waals surface area (Å²) in [5, 5.41) is 5.60. The fraction of sp³-hybridized carbons (Fsp3) is 0.812. The lowest BCUT2D eigenvalue weighted by molar-refractivity contribution is -0.134. The maximum Gasteiger partial charge on any atom is 0.410 e. The minimum Gasteiger partial charge on any atom is -0.444 e. The Balaban J connectivity index is 1.70. The summed E-state index contributed by atoms with van der Waals surface area (Å²) in [6, 6.07) is -0.281. The Labute approximate surface area is 137 Å². The van der Waals surface area contributed by atoms with Crippen molar-refractivity contribution in [2.75, 3.05) is 19.6 Å². The highest BCUT2D eigenvalue weighted by Gasteiger charge is 2.29. The highest BCUT2D eigenvalue weighted by atomic mass is 16.6. The fourth-order valence-corrected chi connectivity index (χ4v) is 2.84. The predicted octanol–water partition coefficient (Wildman–Crippen LogP) is 1.03. The van der Waals surface area contributed by atoms with E-state index < -0.39 is 5.60 Å². The van der Waals surface area contributed by atoms with Crippen molar-refractivity contribution in [1.82, 2.24) is 15.5 Å². The van der Waals surface area contributed by atoms with Crippen molar-refractivity contribution in [2.45, 2.75) is 58.1 Å². The molecular weight excluding hydrogens is 298 g/mol. The number of amides is 3. The molecule has 0 aromatic rings. The molecule has 7 heteroatoms. The SMILES string of the molecule is CC(C)(C)OC(=O)N1CCC(CNC2CCC(=O)NC2=O)CC1. The summed E-state index contributed by atoms with van der Waals surface area (Å²) < 4.78 is 5.38. The van der Waals surface area contributed by atoms with Crippen molar-refractivity contribution < 1.29 is 19.1 Å². The quantitative estimate of drug-likeness (QED) is 0.757. The molecule has 23 heavy (non-hydrogen) atoms. The number of nitrogens with one attached hydrogen (secondary N) is 2. The van der Waals surface area contributed by atoms with Gasteiger partial charge >= 0.3 is 6.09 Å². The summed E-state index contributed by atoms with van der Waals surface area (Å²) in [6.45, 7) is 7.67. The minimum atomic E-state index is -0.471. The van der Waals surface area contributed by atoms with Gasteiger partial charge in [0, 0.05) is 19.5 Å². The molecule has 130 valence electrons. The molecule has 7 nitrogen and oxygen atoms in total. The van der Waals surface area contributed by atoms with Gasteiger partial charge in [-0.15, -0.1) is 0 Å². The van der Waals surface area contributed by atoms with Crippen molar-refractivity contribution in [3.63, 3.8) is 0 Å². The average molecular weight is 325 g/mol. The fourth-order valence-electron chi connectivity index (χ4n) is 2.84. The van der Waals surface area contributed by atoms with Crippen LogP contribution in [0.2, 0.25) is 0 Å². The molecule has 2 N–H and O–H groups in total. The van der Waals surface area contributed by atoms with Crippen molar-refractivity contribution in [3.8, 4) is 0 Å². The van der Waals surface area contributed by atoms with Gasteiger partial charge in [-0.2, -0.15) is 0 Å². The smallest absolute Gasteiger partial charge is 0.410 e. The Morgan fingerprint density at radius 1 is 1.26 bits per heavy atom. The number of imide groups is 1. The van der Waals surface area contributed by atoms with Crippen LogP contribution in [0.1, 0.15) is 46.5 Å². The Morgan fingerprint density at radius 2 is 1.91 bits per heavy atom. The molecule has 0 aliphatic carbocycles. The van der Waals surface area contributed by atoms with Gasteiger partial charge in [-0.25, -0.2) is 4.79 Å². The Morgan fingerprint density at radius 3 is 2.48 bits per heavy atom. The number of nitrogens with zero attached hydrogens (tertiary/aromatic N) is 1. The summed E-state index contributed by atoms with van der Waals surface area (Å²) in [4.78, 5) is 36.5. The Bertz CT molecular complexity index is 464. The van der Waals surface area contributed by atoms with E-state index in [9.17, 15) is 14.4 Å². The van der Waals surface area contributed by atoms with Gasteiger partial charge in [-0.3, -0.25) is 14.9 Å². The van der Waals surface area contributed by atoms with Crippen LogP contribution in [0.15, 0.2) is 0 Å². The van der Waals surface area contributed by atoms with Gasteiger partial charge in [-0.1, -0.05) is 0 Å². The van der Waals surface area contributed by atoms with E-state index >= 15 is 0 Å². The van der Waals surface area contributed by atoms with E-state index in [1.807, 2.05) is 20.8 Å². The van der Waals surface area contributed by atoms with Crippen LogP contribution in [0.3, 0.4) is 0 Å². The number of likely N-dealkylation sites (tertiary alicyclic amines) is 1. The lowest BCUT2D eigenvalue weighted by Gasteiger charge is -2.34. The largest absolute Gasteiger partial charge is 0.444 e. The summed E-state index contributed by atoms with van der Waals surface area (Å²) in [5.74, 6) is 0.00488. The van der Waals surface area contributed by atoms with Gasteiger partial charge < -0.3 is 15.0 Å². The average Bonchev–Trinajstić information content (AvgIpc) is 2.45. The third kappa shape index (κ3) is 5.49. The van der Waals surface area contributed by atoms with E-state index in [1.54, 1.807) is 4.90 Å². The molecule has 0 spiro atoms. The second kappa shape index (κ2) is 7.29. The minimum absolute atomic E-state index is 0.196. The van der Waals surface area contributed by atoms with Crippen LogP contribution in [0.5, 0.6) is 0 Å². The predicted molar refractivity (Wildman–Crippen MR) is 84.7 cm³/mol. The number of carbonyl (C=O) groups is 3. The maximum absolute atomic E-state index is 12.0. The van der Waals surface area contributed by atoms with Crippen LogP contribution < -0.4 is 10.6 Å². The second-order valence-corrected chi connectivity index (χ2v) is 7.32. The first kappa shape index (κ1) is 17.7. The third-order valence-corrected chi connectivity index (χ3v) is 4.16. The lowest BCUT2D eigenvalue weighted by Crippen LogP contribution is -2.52. The topological polar surface area (TPSA) is 87.7 Å². The highest BCUT2D eigenvalue weighted by molar-refractivity contribution is 6.00. The van der Waals surface area contributed by atoms with Gasteiger partial charge in [0.2, 0.25) is 11.8 Å². The van der Waals surface area contributed by atoms with Crippen molar-refractivity contribution in [2.24, 2.45) is 5.92 Å². The van der Waals surface area contributed by atoms with Crippen molar-refractivity contribution >= 4 is 17.9 Å². The number of hydrogen-bond acceptors (Lipinski definition) is 5. The van der Waals surface area contributed by atoms with Crippen LogP contribution in [-0.2, 0) is 14.3 Å². The van der Waals surface area contributed by atoms with E-state index in [0.29, 0.717) is 31.8 Å². The Hall–Kier alpha value is -1.63. The zero-order valence-corrected chi connectivity index (χ0v) is 14.2. The summed E-state index contributed by atoms with van der Waals surface area (Å²) in [7, 11) is 0. The highest BCUT2D eigenvalue weighted by Crippen LogP contribution is 2.19. The zero-order chi connectivity index (χ0) is 17.0. The first-order valence-electron chi connectivity index (χ1n) is 8.29. The van der Waals surface area contributed by atoms with Gasteiger partial charge in [0.05, 0.1) is 6.04 Å². The molecule has 2 aliphatic rings. The van der Waals surface area contributed by atoms with Crippen LogP contribution in [0.4, 0.5) is 4.79 Å². The molecule has 0 aromatic carbocycles. The zero-order valence-electron chi connectivity index (χ0n) is 14.2. The lowest BCUT2D eigenvalue weighted by atomic mass is 9.96. The molecule has 0 aromatic heterocycles. The molecule has 2 heterocycles. The van der Waals surface area contributed by atoms with Crippen molar-refractivity contribution in [1.29, 1.82) is 0 Å². The number of piperidine rings is 2. The van der Waals surface area contributed by atoms with Gasteiger partial charge in [0.25, 0.3) is 0 Å². The molecule has 2 fully saturated rings. The van der Waals surface area contributed by atoms with Gasteiger partial charge in [0.15, 0.2) is 0 Å². The van der Waals surface area contributed by atoms with Crippen LogP contribution in [0.25, 0.3) is 0 Å². The number of hydrogen-bond donors (Lipinski definition) is 2. The van der Waals surface area contributed by atoms with Gasteiger partial charge in [-0.05, 0) is 52.5 Å². The molecule has 1 unspecified atom stereocenters. The standard InChI is InChI=1S/C16H27N3O4/c1-16(2,3)23-15(22)19-8-6-11(7-9-19)10-17-12-4-5-13(20)18-14(12)21/h11-12,17H,4-10H2,1-3H3,(H,18,20,21). The molecule has 2 saturated heterocycles. The molecule has 2 rings (SSSR count). The molecule has 0 bridgehead atoms. The van der Waals surface area contributed by atoms with E-state index in [0.717, 1.165) is 19.4 Å². The van der Waals surface area contributed by atoms with Gasteiger partial charge in [0.1, 0.15) is 5.60 Å². The molecule has 3 amide bonds. The molecule has 2 aliphatic heterocycles. The van der Waals surface area contributed by atoms with E-state index in [-0.39, 0.29) is 23.9 Å². The normalized spacial score (nSPS) is 23.6. The monoisotopic (exact) mass is 325 g/mol. The van der Waals surface area contributed by atoms with Crippen LogP contribution in [0, 0.1) is 5.92 Å². The molecule has 1 atom stereocenters. The number of ether oxygens (including phenoxy) is 1. The van der Waals surface area contributed by atoms with E-state index in [4.69, 9.17) is 4.74 Å². The summed E-state index contributed by atoms with van der Waals surface area (Å²) in [5.41, 5.74) is -0.471. The van der Waals surface area contributed by atoms with Crippen LogP contribution >= 0.6 is 0 Å². The second-order valence-electron chi connectivity index (χ2n) is 7.32. The maximum atomic E-state index is 12.0. The van der Waals surface area contributed by atoms with E-state index in [1.165, 1.54) is 0 Å². The Kier molecular flexibility index (Phi) is 5.62. The first-order chi connectivity index (χ1) is 10.7. The van der Waals surface area contributed by atoms with E-state index in [2.05, 4.69) is 10.6 Å². The van der Waals surface area contributed by atoms with Crippen LogP contribution in [-0.4, -0.2) is 54.1 Å². The molecular formula is C16H27N3O4. The first-order valence-corrected chi connectivity index (χ1v) is 8.29. The number of rotatable bonds is 3.